The van der Waals surface area contributed by atoms with E-state index in [4.69, 9.17) is 27.6 Å². The van der Waals surface area contributed by atoms with Gasteiger partial charge in [0.05, 0.1) is 0 Å². The van der Waals surface area contributed by atoms with Gasteiger partial charge in [0.2, 0.25) is 0 Å². The number of nitrogens with zero attached hydrogens (tertiary/aromatic N) is 1. The summed E-state index contributed by atoms with van der Waals surface area (Å²) in [6, 6.07) is 19.8. The average molecular weight is 397 g/mol. The molecule has 0 saturated heterocycles. The largest absolute Gasteiger partial charge is 0.457 e. The standard InChI is InChI=1S/C21H14Cl2N2O2/c22-17-8-15(9-18(23)11-17)20-7-6-19(27-20)10-16(12-24)21(26)25-13-14-4-2-1-3-5-14/h1-11H,13H2,(H,25,26). The monoisotopic (exact) mass is 396 g/mol. The van der Waals surface area contributed by atoms with Crippen LogP contribution in [0.4, 0.5) is 0 Å². The quantitative estimate of drug-likeness (QED) is 0.458. The van der Waals surface area contributed by atoms with E-state index in [0.29, 0.717) is 33.7 Å². The summed E-state index contributed by atoms with van der Waals surface area (Å²) in [6.45, 7) is 0.336. The summed E-state index contributed by atoms with van der Waals surface area (Å²) in [4.78, 5) is 12.2. The molecular weight excluding hydrogens is 383 g/mol. The molecule has 1 amide bonds. The van der Waals surface area contributed by atoms with E-state index in [2.05, 4.69) is 5.32 Å². The van der Waals surface area contributed by atoms with E-state index in [9.17, 15) is 10.1 Å². The fraction of sp³-hybridized carbons (Fsp3) is 0.0476. The highest BCUT2D eigenvalue weighted by Crippen LogP contribution is 2.29. The number of hydrogen-bond acceptors (Lipinski definition) is 3. The highest BCUT2D eigenvalue weighted by atomic mass is 35.5. The molecule has 0 radical (unpaired) electrons. The molecular formula is C21H14Cl2N2O2. The minimum absolute atomic E-state index is 0.0454. The van der Waals surface area contributed by atoms with Crippen molar-refractivity contribution in [2.75, 3.05) is 0 Å². The molecule has 134 valence electrons. The molecule has 0 unspecified atom stereocenters. The molecule has 0 aliphatic carbocycles. The molecule has 4 nitrogen and oxygen atoms in total. The molecule has 1 N–H and O–H groups in total. The molecule has 0 bridgehead atoms. The number of furan rings is 1. The van der Waals surface area contributed by atoms with Crippen LogP contribution in [0.2, 0.25) is 10.0 Å². The van der Waals surface area contributed by atoms with Crippen molar-refractivity contribution < 1.29 is 9.21 Å². The third kappa shape index (κ3) is 5.01. The summed E-state index contributed by atoms with van der Waals surface area (Å²) in [7, 11) is 0. The van der Waals surface area contributed by atoms with Crippen LogP contribution >= 0.6 is 23.2 Å². The van der Waals surface area contributed by atoms with E-state index in [-0.39, 0.29) is 5.57 Å². The van der Waals surface area contributed by atoms with Crippen molar-refractivity contribution in [2.24, 2.45) is 0 Å². The molecule has 0 aliphatic rings. The second kappa shape index (κ2) is 8.59. The van der Waals surface area contributed by atoms with E-state index in [0.717, 1.165) is 5.56 Å². The van der Waals surface area contributed by atoms with Gasteiger partial charge in [0.15, 0.2) is 0 Å². The van der Waals surface area contributed by atoms with E-state index in [1.165, 1.54) is 6.08 Å². The first-order valence-electron chi connectivity index (χ1n) is 8.05. The minimum atomic E-state index is -0.467. The Bertz CT molecular complexity index is 1010. The van der Waals surface area contributed by atoms with Crippen LogP contribution in [0.3, 0.4) is 0 Å². The number of benzene rings is 2. The Morgan fingerprint density at radius 3 is 2.44 bits per heavy atom. The van der Waals surface area contributed by atoms with Gasteiger partial charge in [-0.2, -0.15) is 5.26 Å². The lowest BCUT2D eigenvalue weighted by molar-refractivity contribution is -0.117. The first kappa shape index (κ1) is 18.8. The number of carbonyl (C=O) groups excluding carboxylic acids is 1. The van der Waals surface area contributed by atoms with Gasteiger partial charge >= 0.3 is 0 Å². The molecule has 27 heavy (non-hydrogen) atoms. The zero-order chi connectivity index (χ0) is 19.2. The van der Waals surface area contributed by atoms with Crippen LogP contribution in [0.1, 0.15) is 11.3 Å². The molecule has 1 aromatic heterocycles. The molecule has 1 heterocycles. The SMILES string of the molecule is N#CC(=Cc1ccc(-c2cc(Cl)cc(Cl)c2)o1)C(=O)NCc1ccccc1. The Morgan fingerprint density at radius 2 is 1.78 bits per heavy atom. The number of halogens is 2. The molecule has 0 spiro atoms. The first-order valence-corrected chi connectivity index (χ1v) is 8.81. The summed E-state index contributed by atoms with van der Waals surface area (Å²) in [6.07, 6.45) is 1.40. The summed E-state index contributed by atoms with van der Waals surface area (Å²) >= 11 is 12.0. The van der Waals surface area contributed by atoms with E-state index in [1.54, 1.807) is 30.3 Å². The van der Waals surface area contributed by atoms with E-state index >= 15 is 0 Å². The molecule has 2 aromatic carbocycles. The number of hydrogen-bond donors (Lipinski definition) is 1. The Kier molecular flexibility index (Phi) is 5.97. The fourth-order valence-electron chi connectivity index (χ4n) is 2.45. The van der Waals surface area contributed by atoms with Gasteiger partial charge < -0.3 is 9.73 Å². The van der Waals surface area contributed by atoms with Crippen molar-refractivity contribution in [3.05, 3.63) is 87.6 Å². The van der Waals surface area contributed by atoms with Crippen LogP contribution in [0, 0.1) is 11.3 Å². The first-order chi connectivity index (χ1) is 13.0. The third-order valence-electron chi connectivity index (χ3n) is 3.72. The number of amides is 1. The molecule has 3 aromatic rings. The van der Waals surface area contributed by atoms with Gasteiger partial charge in [0, 0.05) is 28.2 Å². The maximum Gasteiger partial charge on any atom is 0.262 e. The van der Waals surface area contributed by atoms with Gasteiger partial charge in [0.1, 0.15) is 23.2 Å². The average Bonchev–Trinajstić information content (AvgIpc) is 3.13. The molecule has 6 heteroatoms. The smallest absolute Gasteiger partial charge is 0.262 e. The van der Waals surface area contributed by atoms with Gasteiger partial charge in [-0.05, 0) is 35.9 Å². The lowest BCUT2D eigenvalue weighted by Gasteiger charge is -2.04. The summed E-state index contributed by atoms with van der Waals surface area (Å²) < 4.78 is 5.70. The Hall–Kier alpha value is -3.00. The number of nitrogens with one attached hydrogen (secondary N) is 1. The van der Waals surface area contributed by atoms with Crippen molar-refractivity contribution in [3.8, 4) is 17.4 Å². The zero-order valence-electron chi connectivity index (χ0n) is 14.1. The Labute approximate surface area is 166 Å². The van der Waals surface area contributed by atoms with Crippen molar-refractivity contribution in [3.63, 3.8) is 0 Å². The van der Waals surface area contributed by atoms with E-state index in [1.807, 2.05) is 36.4 Å². The highest BCUT2D eigenvalue weighted by Gasteiger charge is 2.11. The second-order valence-electron chi connectivity index (χ2n) is 5.70. The van der Waals surface area contributed by atoms with Crippen molar-refractivity contribution in [1.29, 1.82) is 5.26 Å². The molecule has 0 fully saturated rings. The second-order valence-corrected chi connectivity index (χ2v) is 6.57. The minimum Gasteiger partial charge on any atom is -0.457 e. The van der Waals surface area contributed by atoms with Gasteiger partial charge in [0.25, 0.3) is 5.91 Å². The van der Waals surface area contributed by atoms with Crippen LogP contribution < -0.4 is 5.32 Å². The van der Waals surface area contributed by atoms with Crippen LogP contribution in [0.5, 0.6) is 0 Å². The molecule has 0 saturated carbocycles. The van der Waals surface area contributed by atoms with Gasteiger partial charge in [-0.15, -0.1) is 0 Å². The summed E-state index contributed by atoms with van der Waals surface area (Å²) in [5.41, 5.74) is 1.61. The number of nitriles is 1. The Balaban J connectivity index is 1.75. The summed E-state index contributed by atoms with van der Waals surface area (Å²) in [5, 5.41) is 13.0. The molecule has 0 atom stereocenters. The van der Waals surface area contributed by atoms with E-state index < -0.39 is 5.91 Å². The molecule has 3 rings (SSSR count). The fourth-order valence-corrected chi connectivity index (χ4v) is 2.97. The predicted molar refractivity (Wildman–Crippen MR) is 106 cm³/mol. The maximum atomic E-state index is 12.2. The van der Waals surface area contributed by atoms with Crippen LogP contribution in [0.25, 0.3) is 17.4 Å². The highest BCUT2D eigenvalue weighted by molar-refractivity contribution is 6.35. The number of carbonyl (C=O) groups is 1. The zero-order valence-corrected chi connectivity index (χ0v) is 15.6. The third-order valence-corrected chi connectivity index (χ3v) is 4.16. The lowest BCUT2D eigenvalue weighted by Crippen LogP contribution is -2.23. The van der Waals surface area contributed by atoms with Crippen molar-refractivity contribution >= 4 is 35.2 Å². The van der Waals surface area contributed by atoms with Gasteiger partial charge in [-0.25, -0.2) is 0 Å². The predicted octanol–water partition coefficient (Wildman–Crippen LogP) is 5.48. The van der Waals surface area contributed by atoms with Crippen molar-refractivity contribution in [2.45, 2.75) is 6.54 Å². The van der Waals surface area contributed by atoms with Crippen LogP contribution in [-0.4, -0.2) is 5.91 Å². The molecule has 0 aliphatic heterocycles. The summed E-state index contributed by atoms with van der Waals surface area (Å²) in [5.74, 6) is 0.449. The van der Waals surface area contributed by atoms with Gasteiger partial charge in [-0.3, -0.25) is 4.79 Å². The lowest BCUT2D eigenvalue weighted by atomic mass is 10.2. The number of rotatable bonds is 5. The maximum absolute atomic E-state index is 12.2. The van der Waals surface area contributed by atoms with Crippen molar-refractivity contribution in [1.82, 2.24) is 5.32 Å². The van der Waals surface area contributed by atoms with Crippen LogP contribution in [-0.2, 0) is 11.3 Å². The topological polar surface area (TPSA) is 66.0 Å². The Morgan fingerprint density at radius 1 is 1.07 bits per heavy atom. The van der Waals surface area contributed by atoms with Crippen LogP contribution in [0.15, 0.2) is 70.7 Å². The normalized spacial score (nSPS) is 11.1. The van der Waals surface area contributed by atoms with Gasteiger partial charge in [-0.1, -0.05) is 53.5 Å².